The Morgan fingerprint density at radius 2 is 2.00 bits per heavy atom. The second kappa shape index (κ2) is 6.89. The largest absolute Gasteiger partial charge is 0.330 e. The van der Waals surface area contributed by atoms with Crippen LogP contribution in [0.2, 0.25) is 0 Å². The van der Waals surface area contributed by atoms with Crippen LogP contribution < -0.4 is 5.73 Å². The molecule has 0 saturated carbocycles. The van der Waals surface area contributed by atoms with Gasteiger partial charge in [-0.05, 0) is 37.4 Å². The molecule has 1 aromatic rings. The fourth-order valence-electron chi connectivity index (χ4n) is 2.24. The number of hydrogen-bond acceptors (Lipinski definition) is 2. The van der Waals surface area contributed by atoms with Crippen LogP contribution in [0.3, 0.4) is 0 Å². The molecule has 1 heterocycles. The van der Waals surface area contributed by atoms with Crippen molar-refractivity contribution in [2.24, 2.45) is 11.7 Å². The molecule has 2 rings (SSSR count). The standard InChI is InChI=1S/C13H20N2.ClH/c14-10-13-7-9-15(11-13)8-6-12-4-2-1-3-5-12;/h1-5,13H,6-11,14H2;1H. The molecule has 0 aliphatic carbocycles. The van der Waals surface area contributed by atoms with Crippen LogP contribution in [0.1, 0.15) is 12.0 Å². The highest BCUT2D eigenvalue weighted by atomic mass is 35.5. The lowest BCUT2D eigenvalue weighted by Crippen LogP contribution is -2.25. The first kappa shape index (κ1) is 13.5. The summed E-state index contributed by atoms with van der Waals surface area (Å²) < 4.78 is 0. The van der Waals surface area contributed by atoms with Crippen LogP contribution in [0, 0.1) is 5.92 Å². The van der Waals surface area contributed by atoms with E-state index in [-0.39, 0.29) is 12.4 Å². The fourth-order valence-corrected chi connectivity index (χ4v) is 2.24. The molecule has 1 atom stereocenters. The highest BCUT2D eigenvalue weighted by Crippen LogP contribution is 2.15. The molecule has 3 heteroatoms. The highest BCUT2D eigenvalue weighted by molar-refractivity contribution is 5.85. The molecule has 90 valence electrons. The van der Waals surface area contributed by atoms with E-state index >= 15 is 0 Å². The zero-order valence-electron chi connectivity index (χ0n) is 9.64. The van der Waals surface area contributed by atoms with Gasteiger partial charge in [0.25, 0.3) is 0 Å². The molecule has 1 fully saturated rings. The molecule has 0 aromatic heterocycles. The minimum atomic E-state index is 0. The third-order valence-corrected chi connectivity index (χ3v) is 3.26. The molecule has 1 unspecified atom stereocenters. The summed E-state index contributed by atoms with van der Waals surface area (Å²) in [5, 5.41) is 0. The number of nitrogens with zero attached hydrogens (tertiary/aromatic N) is 1. The van der Waals surface area contributed by atoms with E-state index in [0.717, 1.165) is 18.9 Å². The topological polar surface area (TPSA) is 29.3 Å². The zero-order valence-corrected chi connectivity index (χ0v) is 10.5. The first-order valence-electron chi connectivity index (χ1n) is 5.85. The molecule has 1 aliphatic heterocycles. The Hall–Kier alpha value is -0.570. The summed E-state index contributed by atoms with van der Waals surface area (Å²) in [6.07, 6.45) is 2.45. The number of rotatable bonds is 4. The quantitative estimate of drug-likeness (QED) is 0.872. The molecule has 0 spiro atoms. The predicted molar refractivity (Wildman–Crippen MR) is 71.0 cm³/mol. The summed E-state index contributed by atoms with van der Waals surface area (Å²) in [6.45, 7) is 4.46. The molecule has 0 amide bonds. The molecule has 2 N–H and O–H groups in total. The lowest BCUT2D eigenvalue weighted by molar-refractivity contribution is 0.329. The van der Waals surface area contributed by atoms with Crippen molar-refractivity contribution in [1.29, 1.82) is 0 Å². The van der Waals surface area contributed by atoms with Gasteiger partial charge in [-0.15, -0.1) is 12.4 Å². The SMILES string of the molecule is Cl.NCC1CCN(CCc2ccccc2)C1. The van der Waals surface area contributed by atoms with Gasteiger partial charge < -0.3 is 10.6 Å². The lowest BCUT2D eigenvalue weighted by Gasteiger charge is -2.15. The number of nitrogens with two attached hydrogens (primary N) is 1. The second-order valence-electron chi connectivity index (χ2n) is 4.43. The number of likely N-dealkylation sites (tertiary alicyclic amines) is 1. The van der Waals surface area contributed by atoms with E-state index < -0.39 is 0 Å². The maximum atomic E-state index is 5.68. The summed E-state index contributed by atoms with van der Waals surface area (Å²) in [5.41, 5.74) is 7.12. The second-order valence-corrected chi connectivity index (χ2v) is 4.43. The van der Waals surface area contributed by atoms with Gasteiger partial charge >= 0.3 is 0 Å². The van der Waals surface area contributed by atoms with Crippen molar-refractivity contribution in [1.82, 2.24) is 4.90 Å². The van der Waals surface area contributed by atoms with Gasteiger partial charge in [0.15, 0.2) is 0 Å². The van der Waals surface area contributed by atoms with E-state index in [0.29, 0.717) is 0 Å². The highest BCUT2D eigenvalue weighted by Gasteiger charge is 2.20. The summed E-state index contributed by atoms with van der Waals surface area (Å²) in [5.74, 6) is 0.737. The average Bonchev–Trinajstić information content (AvgIpc) is 2.76. The van der Waals surface area contributed by atoms with Crippen molar-refractivity contribution < 1.29 is 0 Å². The third-order valence-electron chi connectivity index (χ3n) is 3.26. The van der Waals surface area contributed by atoms with Gasteiger partial charge in [0, 0.05) is 13.1 Å². The normalized spacial score (nSPS) is 20.7. The monoisotopic (exact) mass is 240 g/mol. The molecule has 1 aliphatic rings. The van der Waals surface area contributed by atoms with Crippen molar-refractivity contribution in [2.45, 2.75) is 12.8 Å². The van der Waals surface area contributed by atoms with E-state index in [1.54, 1.807) is 0 Å². The summed E-state index contributed by atoms with van der Waals surface area (Å²) >= 11 is 0. The van der Waals surface area contributed by atoms with Crippen LogP contribution in [-0.2, 0) is 6.42 Å². The molecular formula is C13H21ClN2. The van der Waals surface area contributed by atoms with Crippen LogP contribution in [0.15, 0.2) is 30.3 Å². The maximum absolute atomic E-state index is 5.68. The van der Waals surface area contributed by atoms with Crippen LogP contribution >= 0.6 is 12.4 Å². The van der Waals surface area contributed by atoms with Gasteiger partial charge in [0.2, 0.25) is 0 Å². The van der Waals surface area contributed by atoms with E-state index in [9.17, 15) is 0 Å². The minimum Gasteiger partial charge on any atom is -0.330 e. The number of benzene rings is 1. The molecule has 16 heavy (non-hydrogen) atoms. The van der Waals surface area contributed by atoms with Gasteiger partial charge in [-0.1, -0.05) is 30.3 Å². The maximum Gasteiger partial charge on any atom is 0.00223 e. The first-order chi connectivity index (χ1) is 7.38. The Morgan fingerprint density at radius 1 is 1.25 bits per heavy atom. The Morgan fingerprint density at radius 3 is 2.62 bits per heavy atom. The van der Waals surface area contributed by atoms with Crippen LogP contribution in [-0.4, -0.2) is 31.1 Å². The van der Waals surface area contributed by atoms with E-state index in [1.807, 2.05) is 0 Å². The molecule has 2 nitrogen and oxygen atoms in total. The van der Waals surface area contributed by atoms with Crippen molar-refractivity contribution >= 4 is 12.4 Å². The van der Waals surface area contributed by atoms with Crippen LogP contribution in [0.5, 0.6) is 0 Å². The number of halogens is 1. The number of hydrogen-bond donors (Lipinski definition) is 1. The molecular weight excluding hydrogens is 220 g/mol. The van der Waals surface area contributed by atoms with Crippen LogP contribution in [0.4, 0.5) is 0 Å². The third kappa shape index (κ3) is 3.78. The Labute approximate surface area is 104 Å². The predicted octanol–water partition coefficient (Wildman–Crippen LogP) is 1.93. The van der Waals surface area contributed by atoms with E-state index in [4.69, 9.17) is 5.73 Å². The smallest absolute Gasteiger partial charge is 0.00223 e. The van der Waals surface area contributed by atoms with Crippen molar-refractivity contribution in [3.63, 3.8) is 0 Å². The van der Waals surface area contributed by atoms with Gasteiger partial charge in [0.1, 0.15) is 0 Å². The van der Waals surface area contributed by atoms with Crippen molar-refractivity contribution in [3.8, 4) is 0 Å². The molecule has 1 saturated heterocycles. The first-order valence-corrected chi connectivity index (χ1v) is 5.85. The lowest BCUT2D eigenvalue weighted by atomic mass is 10.1. The molecule has 1 aromatic carbocycles. The van der Waals surface area contributed by atoms with Gasteiger partial charge in [-0.25, -0.2) is 0 Å². The van der Waals surface area contributed by atoms with Gasteiger partial charge in [-0.2, -0.15) is 0 Å². The Balaban J connectivity index is 0.00000128. The van der Waals surface area contributed by atoms with Gasteiger partial charge in [-0.3, -0.25) is 0 Å². The summed E-state index contributed by atoms with van der Waals surface area (Å²) in [4.78, 5) is 2.53. The van der Waals surface area contributed by atoms with Crippen molar-refractivity contribution in [2.75, 3.05) is 26.2 Å². The minimum absolute atomic E-state index is 0. The van der Waals surface area contributed by atoms with Crippen LogP contribution in [0.25, 0.3) is 0 Å². The zero-order chi connectivity index (χ0) is 10.5. The summed E-state index contributed by atoms with van der Waals surface area (Å²) in [7, 11) is 0. The Bertz CT molecular complexity index is 289. The van der Waals surface area contributed by atoms with E-state index in [1.165, 1.54) is 31.6 Å². The average molecular weight is 241 g/mol. The Kier molecular flexibility index (Phi) is 5.81. The fraction of sp³-hybridized carbons (Fsp3) is 0.538. The molecule has 0 bridgehead atoms. The molecule has 0 radical (unpaired) electrons. The van der Waals surface area contributed by atoms with Gasteiger partial charge in [0.05, 0.1) is 0 Å². The van der Waals surface area contributed by atoms with Crippen molar-refractivity contribution in [3.05, 3.63) is 35.9 Å². The van der Waals surface area contributed by atoms with E-state index in [2.05, 4.69) is 35.2 Å². The summed E-state index contributed by atoms with van der Waals surface area (Å²) in [6, 6.07) is 10.7.